The van der Waals surface area contributed by atoms with Gasteiger partial charge in [-0.2, -0.15) is 0 Å². The molecule has 2 rings (SSSR count). The molecular weight excluding hydrogens is 234 g/mol. The largest absolute Gasteiger partial charge is 0.478 e. The molecule has 0 bridgehead atoms. The van der Waals surface area contributed by atoms with Crippen LogP contribution in [0.2, 0.25) is 0 Å². The SMILES string of the molecule is O=C1C=CC(=O)C(Nc2ccccc2C(=O)O)=C1. The summed E-state index contributed by atoms with van der Waals surface area (Å²) in [6.07, 6.45) is 3.45. The Bertz CT molecular complexity index is 599. The second-order valence-corrected chi connectivity index (χ2v) is 3.63. The molecule has 5 nitrogen and oxygen atoms in total. The van der Waals surface area contributed by atoms with Crippen LogP contribution in [0.3, 0.4) is 0 Å². The van der Waals surface area contributed by atoms with Gasteiger partial charge in [0.2, 0.25) is 5.78 Å². The summed E-state index contributed by atoms with van der Waals surface area (Å²) in [6.45, 7) is 0. The first-order valence-electron chi connectivity index (χ1n) is 5.15. The fourth-order valence-electron chi connectivity index (χ4n) is 1.53. The van der Waals surface area contributed by atoms with Gasteiger partial charge in [0, 0.05) is 6.08 Å². The Hall–Kier alpha value is -2.69. The van der Waals surface area contributed by atoms with Crippen LogP contribution in [-0.4, -0.2) is 22.6 Å². The van der Waals surface area contributed by atoms with Gasteiger partial charge >= 0.3 is 5.97 Å². The highest BCUT2D eigenvalue weighted by molar-refractivity contribution is 6.18. The molecule has 1 aromatic carbocycles. The number of ketones is 2. The Balaban J connectivity index is 2.33. The molecule has 0 aliphatic heterocycles. The molecule has 0 atom stereocenters. The lowest BCUT2D eigenvalue weighted by Gasteiger charge is -2.12. The minimum Gasteiger partial charge on any atom is -0.478 e. The van der Waals surface area contributed by atoms with Crippen molar-refractivity contribution in [2.24, 2.45) is 0 Å². The van der Waals surface area contributed by atoms with Crippen molar-refractivity contribution in [2.75, 3.05) is 5.32 Å². The van der Waals surface area contributed by atoms with Gasteiger partial charge in [0.05, 0.1) is 16.9 Å². The number of anilines is 1. The molecule has 2 N–H and O–H groups in total. The number of benzene rings is 1. The summed E-state index contributed by atoms with van der Waals surface area (Å²) < 4.78 is 0. The normalized spacial score (nSPS) is 14.3. The topological polar surface area (TPSA) is 83.5 Å². The molecule has 0 saturated heterocycles. The summed E-state index contributed by atoms with van der Waals surface area (Å²) in [5.74, 6) is -1.79. The van der Waals surface area contributed by atoms with Crippen molar-refractivity contribution in [3.63, 3.8) is 0 Å². The third kappa shape index (κ3) is 2.35. The van der Waals surface area contributed by atoms with Gasteiger partial charge < -0.3 is 10.4 Å². The fourth-order valence-corrected chi connectivity index (χ4v) is 1.53. The Morgan fingerprint density at radius 3 is 2.56 bits per heavy atom. The number of para-hydroxylation sites is 1. The number of carboxylic acid groups (broad SMARTS) is 1. The van der Waals surface area contributed by atoms with Crippen LogP contribution < -0.4 is 5.32 Å². The van der Waals surface area contributed by atoms with E-state index in [0.29, 0.717) is 0 Å². The van der Waals surface area contributed by atoms with Crippen LogP contribution in [0, 0.1) is 0 Å². The average molecular weight is 243 g/mol. The fraction of sp³-hybridized carbons (Fsp3) is 0. The second kappa shape index (κ2) is 4.67. The number of nitrogens with one attached hydrogen (secondary N) is 1. The summed E-state index contributed by atoms with van der Waals surface area (Å²) in [5.41, 5.74) is 0.372. The van der Waals surface area contributed by atoms with E-state index >= 15 is 0 Å². The molecule has 0 amide bonds. The summed E-state index contributed by atoms with van der Waals surface area (Å²) in [5, 5.41) is 11.7. The number of carboxylic acids is 1. The van der Waals surface area contributed by atoms with Crippen LogP contribution in [0.25, 0.3) is 0 Å². The van der Waals surface area contributed by atoms with E-state index in [9.17, 15) is 14.4 Å². The molecule has 0 saturated carbocycles. The summed E-state index contributed by atoms with van der Waals surface area (Å²) in [7, 11) is 0. The maximum absolute atomic E-state index is 11.5. The number of hydrogen-bond acceptors (Lipinski definition) is 4. The quantitative estimate of drug-likeness (QED) is 0.784. The van der Waals surface area contributed by atoms with E-state index in [4.69, 9.17) is 5.11 Å². The lowest BCUT2D eigenvalue weighted by Crippen LogP contribution is -2.16. The maximum atomic E-state index is 11.5. The third-order valence-electron chi connectivity index (χ3n) is 2.38. The Morgan fingerprint density at radius 1 is 1.11 bits per heavy atom. The van der Waals surface area contributed by atoms with Gasteiger partial charge in [0.25, 0.3) is 0 Å². The number of aromatic carboxylic acids is 1. The molecule has 0 aromatic heterocycles. The summed E-state index contributed by atoms with van der Waals surface area (Å²) >= 11 is 0. The smallest absolute Gasteiger partial charge is 0.337 e. The highest BCUT2D eigenvalue weighted by Crippen LogP contribution is 2.18. The monoisotopic (exact) mass is 243 g/mol. The maximum Gasteiger partial charge on any atom is 0.337 e. The number of carbonyl (C=O) groups is 3. The molecule has 1 aliphatic carbocycles. The molecule has 0 fully saturated rings. The van der Waals surface area contributed by atoms with E-state index in [1.54, 1.807) is 12.1 Å². The van der Waals surface area contributed by atoms with Crippen LogP contribution in [0.5, 0.6) is 0 Å². The van der Waals surface area contributed by atoms with Crippen molar-refractivity contribution < 1.29 is 19.5 Å². The molecular formula is C13H9NO4. The minimum absolute atomic E-state index is 0.0354. The molecule has 0 spiro atoms. The first-order chi connectivity index (χ1) is 8.58. The van der Waals surface area contributed by atoms with Gasteiger partial charge in [-0.05, 0) is 24.3 Å². The second-order valence-electron chi connectivity index (χ2n) is 3.63. The predicted octanol–water partition coefficient (Wildman–Crippen LogP) is 1.39. The van der Waals surface area contributed by atoms with Crippen LogP contribution in [0.1, 0.15) is 10.4 Å². The summed E-state index contributed by atoms with van der Waals surface area (Å²) in [4.78, 5) is 33.6. The highest BCUT2D eigenvalue weighted by atomic mass is 16.4. The van der Waals surface area contributed by atoms with E-state index in [-0.39, 0.29) is 28.5 Å². The molecule has 18 heavy (non-hydrogen) atoms. The van der Waals surface area contributed by atoms with Crippen molar-refractivity contribution in [3.8, 4) is 0 Å². The Morgan fingerprint density at radius 2 is 1.83 bits per heavy atom. The highest BCUT2D eigenvalue weighted by Gasteiger charge is 2.16. The van der Waals surface area contributed by atoms with Crippen LogP contribution in [0.15, 0.2) is 48.2 Å². The lowest BCUT2D eigenvalue weighted by molar-refractivity contribution is -0.114. The van der Waals surface area contributed by atoms with Crippen LogP contribution in [-0.2, 0) is 9.59 Å². The third-order valence-corrected chi connectivity index (χ3v) is 2.38. The molecule has 0 radical (unpaired) electrons. The molecule has 0 heterocycles. The van der Waals surface area contributed by atoms with Crippen molar-refractivity contribution in [1.29, 1.82) is 0 Å². The van der Waals surface area contributed by atoms with Gasteiger partial charge in [-0.25, -0.2) is 4.79 Å². The Kier molecular flexibility index (Phi) is 3.05. The number of rotatable bonds is 3. The number of hydrogen-bond donors (Lipinski definition) is 2. The summed E-state index contributed by atoms with van der Waals surface area (Å²) in [6, 6.07) is 6.16. The average Bonchev–Trinajstić information content (AvgIpc) is 2.34. The lowest BCUT2D eigenvalue weighted by atomic mass is 10.1. The molecule has 5 heteroatoms. The number of carbonyl (C=O) groups excluding carboxylic acids is 2. The zero-order chi connectivity index (χ0) is 13.1. The Labute approximate surface area is 102 Å². The van der Waals surface area contributed by atoms with Gasteiger partial charge in [0.1, 0.15) is 0 Å². The van der Waals surface area contributed by atoms with E-state index in [1.165, 1.54) is 12.1 Å². The van der Waals surface area contributed by atoms with Crippen molar-refractivity contribution in [1.82, 2.24) is 0 Å². The van der Waals surface area contributed by atoms with Crippen LogP contribution >= 0.6 is 0 Å². The van der Waals surface area contributed by atoms with E-state index in [0.717, 1.165) is 18.2 Å². The van der Waals surface area contributed by atoms with Gasteiger partial charge in [0.15, 0.2) is 5.78 Å². The van der Waals surface area contributed by atoms with E-state index in [1.807, 2.05) is 0 Å². The van der Waals surface area contributed by atoms with E-state index in [2.05, 4.69) is 5.32 Å². The first-order valence-corrected chi connectivity index (χ1v) is 5.15. The molecule has 0 unspecified atom stereocenters. The van der Waals surface area contributed by atoms with Crippen molar-refractivity contribution in [3.05, 3.63) is 53.8 Å². The molecule has 1 aromatic rings. The zero-order valence-electron chi connectivity index (χ0n) is 9.21. The van der Waals surface area contributed by atoms with Gasteiger partial charge in [-0.3, -0.25) is 9.59 Å². The van der Waals surface area contributed by atoms with Gasteiger partial charge in [-0.1, -0.05) is 12.1 Å². The van der Waals surface area contributed by atoms with Crippen molar-refractivity contribution >= 4 is 23.2 Å². The first kappa shape index (κ1) is 11.8. The standard InChI is InChI=1S/C13H9NO4/c15-8-5-6-12(16)11(7-8)14-10-4-2-1-3-9(10)13(17)18/h1-7,14H,(H,17,18). The number of allylic oxidation sites excluding steroid dienone is 3. The zero-order valence-corrected chi connectivity index (χ0v) is 9.21. The van der Waals surface area contributed by atoms with Gasteiger partial charge in [-0.15, -0.1) is 0 Å². The molecule has 90 valence electrons. The van der Waals surface area contributed by atoms with Crippen molar-refractivity contribution in [2.45, 2.75) is 0 Å². The minimum atomic E-state index is -1.11. The predicted molar refractivity (Wildman–Crippen MR) is 64.3 cm³/mol. The van der Waals surface area contributed by atoms with Crippen LogP contribution in [0.4, 0.5) is 5.69 Å². The van der Waals surface area contributed by atoms with E-state index < -0.39 is 5.97 Å². The molecule has 1 aliphatic rings.